The summed E-state index contributed by atoms with van der Waals surface area (Å²) in [6, 6.07) is 0. The van der Waals surface area contributed by atoms with Crippen LogP contribution in [0.15, 0.2) is 5.18 Å². The van der Waals surface area contributed by atoms with Crippen molar-refractivity contribution in [1.29, 1.82) is 0 Å². The van der Waals surface area contributed by atoms with Crippen LogP contribution in [0.25, 0.3) is 0 Å². The normalized spacial score (nSPS) is 11.5. The lowest BCUT2D eigenvalue weighted by molar-refractivity contribution is -0.429. The molecule has 14 heavy (non-hydrogen) atoms. The van der Waals surface area contributed by atoms with Gasteiger partial charge < -0.3 is 0 Å². The Bertz CT molecular complexity index is 358. The van der Waals surface area contributed by atoms with Crippen LogP contribution >= 0.6 is 23.2 Å². The van der Waals surface area contributed by atoms with Crippen molar-refractivity contribution in [2.45, 2.75) is 6.18 Å². The predicted octanol–water partition coefficient (Wildman–Crippen LogP) is 2.62. The number of aromatic nitrogens is 2. The molecule has 0 atom stereocenters. The largest absolute Gasteiger partial charge is 0.499 e. The van der Waals surface area contributed by atoms with E-state index in [9.17, 15) is 18.1 Å². The highest BCUT2D eigenvalue weighted by atomic mass is 35.5. The van der Waals surface area contributed by atoms with Crippen molar-refractivity contribution in [3.05, 3.63) is 21.0 Å². The number of halogens is 5. The highest BCUT2D eigenvalue weighted by Gasteiger charge is 2.43. The van der Waals surface area contributed by atoms with Gasteiger partial charge in [-0.2, -0.15) is 13.2 Å². The number of alkyl halides is 3. The lowest BCUT2D eigenvalue weighted by atomic mass is 10.5. The maximum atomic E-state index is 12.1. The van der Waals surface area contributed by atoms with Crippen LogP contribution in [0.4, 0.5) is 18.9 Å². The molecule has 1 heterocycles. The van der Waals surface area contributed by atoms with Crippen LogP contribution in [0, 0.1) is 4.91 Å². The van der Waals surface area contributed by atoms with Crippen LogP contribution < -0.4 is 4.98 Å². The quantitative estimate of drug-likeness (QED) is 0.565. The molecule has 0 saturated heterocycles. The molecule has 0 saturated carbocycles. The van der Waals surface area contributed by atoms with Gasteiger partial charge in [0.2, 0.25) is 10.8 Å². The van der Waals surface area contributed by atoms with Crippen molar-refractivity contribution in [3.63, 3.8) is 0 Å². The Morgan fingerprint density at radius 1 is 1.36 bits per heavy atom. The topological polar surface area (TPSA) is 56.5 Å². The zero-order chi connectivity index (χ0) is 10.9. The SMILES string of the molecule is O=Nc1c(Cl)nc(C(F)(F)F)[nH+]c1Cl. The van der Waals surface area contributed by atoms with Gasteiger partial charge in [-0.25, -0.2) is 4.98 Å². The maximum absolute atomic E-state index is 12.1. The number of rotatable bonds is 1. The molecule has 4 nitrogen and oxygen atoms in total. The molecule has 0 amide bonds. The van der Waals surface area contributed by atoms with Crippen molar-refractivity contribution < 1.29 is 18.2 Å². The van der Waals surface area contributed by atoms with Gasteiger partial charge in [0.1, 0.15) is 0 Å². The van der Waals surface area contributed by atoms with E-state index in [4.69, 9.17) is 23.2 Å². The van der Waals surface area contributed by atoms with Gasteiger partial charge in [-0.1, -0.05) is 0 Å². The first-order valence-electron chi connectivity index (χ1n) is 3.05. The van der Waals surface area contributed by atoms with E-state index in [1.165, 1.54) is 0 Å². The Morgan fingerprint density at radius 2 is 1.93 bits per heavy atom. The number of H-pyrrole nitrogens is 1. The van der Waals surface area contributed by atoms with Crippen LogP contribution in [0.2, 0.25) is 10.3 Å². The Kier molecular flexibility index (Phi) is 2.91. The van der Waals surface area contributed by atoms with E-state index in [0.29, 0.717) is 0 Å². The molecule has 0 radical (unpaired) electrons. The number of nitroso groups, excluding NO2 is 1. The second kappa shape index (κ2) is 3.66. The molecule has 0 aliphatic carbocycles. The van der Waals surface area contributed by atoms with E-state index in [0.717, 1.165) is 0 Å². The first kappa shape index (κ1) is 11.1. The van der Waals surface area contributed by atoms with Gasteiger partial charge >= 0.3 is 12.0 Å². The van der Waals surface area contributed by atoms with Crippen LogP contribution in [-0.4, -0.2) is 4.98 Å². The van der Waals surface area contributed by atoms with Crippen LogP contribution in [0.5, 0.6) is 0 Å². The molecule has 0 aliphatic heterocycles. The Labute approximate surface area is 85.0 Å². The summed E-state index contributed by atoms with van der Waals surface area (Å²) in [5.74, 6) is -1.39. The van der Waals surface area contributed by atoms with Gasteiger partial charge in [0.05, 0.1) is 0 Å². The molecule has 0 aromatic carbocycles. The summed E-state index contributed by atoms with van der Waals surface area (Å²) in [4.78, 5) is 14.6. The number of nitrogens with one attached hydrogen (secondary N) is 1. The second-order valence-electron chi connectivity index (χ2n) is 2.13. The molecule has 1 aromatic rings. The molecule has 1 aromatic heterocycles. The zero-order valence-corrected chi connectivity index (χ0v) is 7.70. The number of nitrogens with zero attached hydrogens (tertiary/aromatic N) is 2. The molecule has 0 spiro atoms. The second-order valence-corrected chi connectivity index (χ2v) is 2.86. The van der Waals surface area contributed by atoms with E-state index in [-0.39, 0.29) is 0 Å². The molecular weight excluding hydrogens is 246 g/mol. The van der Waals surface area contributed by atoms with E-state index in [1.54, 1.807) is 4.98 Å². The summed E-state index contributed by atoms with van der Waals surface area (Å²) in [7, 11) is 0. The van der Waals surface area contributed by atoms with Crippen molar-refractivity contribution in [1.82, 2.24) is 4.98 Å². The minimum atomic E-state index is -4.71. The third-order valence-electron chi connectivity index (χ3n) is 1.20. The number of hydrogen-bond donors (Lipinski definition) is 0. The summed E-state index contributed by atoms with van der Waals surface area (Å²) >= 11 is 10.5. The van der Waals surface area contributed by atoms with Gasteiger partial charge in [-0.15, -0.1) is 4.91 Å². The summed E-state index contributed by atoms with van der Waals surface area (Å²) in [6.07, 6.45) is -4.71. The zero-order valence-electron chi connectivity index (χ0n) is 6.19. The Hall–Kier alpha value is -0.950. The van der Waals surface area contributed by atoms with Crippen LogP contribution in [0.1, 0.15) is 5.82 Å². The molecule has 1 N–H and O–H groups in total. The van der Waals surface area contributed by atoms with E-state index in [2.05, 4.69) is 10.2 Å². The van der Waals surface area contributed by atoms with Crippen molar-refractivity contribution >= 4 is 28.9 Å². The first-order chi connectivity index (χ1) is 6.36. The standard InChI is InChI=1S/C5Cl2F3N3O/c6-2-1(13-14)3(7)12-4(11-2)5(8,9)10/p+1. The first-order valence-corrected chi connectivity index (χ1v) is 3.80. The third kappa shape index (κ3) is 2.10. The average molecular weight is 247 g/mol. The van der Waals surface area contributed by atoms with Gasteiger partial charge in [-0.3, -0.25) is 0 Å². The fourth-order valence-electron chi connectivity index (χ4n) is 0.645. The summed E-state index contributed by atoms with van der Waals surface area (Å²) < 4.78 is 36.2. The van der Waals surface area contributed by atoms with Crippen LogP contribution in [0.3, 0.4) is 0 Å². The lowest BCUT2D eigenvalue weighted by Crippen LogP contribution is -2.24. The van der Waals surface area contributed by atoms with E-state index < -0.39 is 28.0 Å². The van der Waals surface area contributed by atoms with Crippen molar-refractivity contribution in [3.8, 4) is 0 Å². The Balaban J connectivity index is 3.35. The molecular formula is C5HCl2F3N3O+. The summed E-state index contributed by atoms with van der Waals surface area (Å²) in [5, 5.41) is 1.02. The summed E-state index contributed by atoms with van der Waals surface area (Å²) in [6.45, 7) is 0. The smallest absolute Gasteiger partial charge is 0.221 e. The van der Waals surface area contributed by atoms with Gasteiger partial charge in [0.25, 0.3) is 5.15 Å². The van der Waals surface area contributed by atoms with Gasteiger partial charge in [0, 0.05) is 0 Å². The predicted molar refractivity (Wildman–Crippen MR) is 41.3 cm³/mol. The molecule has 9 heteroatoms. The monoisotopic (exact) mass is 246 g/mol. The Morgan fingerprint density at radius 3 is 2.29 bits per heavy atom. The van der Waals surface area contributed by atoms with E-state index >= 15 is 0 Å². The maximum Gasteiger partial charge on any atom is 0.499 e. The van der Waals surface area contributed by atoms with Crippen LogP contribution in [-0.2, 0) is 6.18 Å². The van der Waals surface area contributed by atoms with Gasteiger partial charge in [0.15, 0.2) is 0 Å². The van der Waals surface area contributed by atoms with Crippen molar-refractivity contribution in [2.75, 3.05) is 0 Å². The molecule has 76 valence electrons. The van der Waals surface area contributed by atoms with E-state index in [1.807, 2.05) is 0 Å². The highest BCUT2D eigenvalue weighted by molar-refractivity contribution is 6.36. The fraction of sp³-hybridized carbons (Fsp3) is 0.200. The molecule has 0 fully saturated rings. The highest BCUT2D eigenvalue weighted by Crippen LogP contribution is 2.32. The lowest BCUT2D eigenvalue weighted by Gasteiger charge is -1.98. The molecule has 1 rings (SSSR count). The van der Waals surface area contributed by atoms with Crippen molar-refractivity contribution in [2.24, 2.45) is 5.18 Å². The van der Waals surface area contributed by atoms with Gasteiger partial charge in [-0.05, 0) is 33.4 Å². The minimum absolute atomic E-state index is 0.554. The number of hydrogen-bond acceptors (Lipinski definition) is 3. The fourth-order valence-corrected chi connectivity index (χ4v) is 1.12. The molecule has 0 unspecified atom stereocenters. The number of aromatic amines is 1. The third-order valence-corrected chi connectivity index (χ3v) is 1.74. The molecule has 0 aliphatic rings. The molecule has 0 bridgehead atoms. The minimum Gasteiger partial charge on any atom is -0.221 e. The summed E-state index contributed by atoms with van der Waals surface area (Å²) in [5.41, 5.74) is -0.554. The average Bonchev–Trinajstić information content (AvgIpc) is 2.01.